The zero-order chi connectivity index (χ0) is 31.1. The standard InChI is InChI=1S/C27H37Cl2F3N4O5/c1-24(2,3)41-25(4,5)20(36-23(40)27(30,31)32)19(37)15-7-6-8-16-18(26(16,28)29)17(15)22(39)35-14(12-33)11-13-9-10-34-21(13)38/h13-18,20H,6-11H2,1-5H3,(H,34,38)(H,35,39)(H,36,40)/t13-,14-,15?,16-,17-,18-,20+/m0/s1. The van der Waals surface area contributed by atoms with E-state index < -0.39 is 75.1 Å². The van der Waals surface area contributed by atoms with E-state index in [-0.39, 0.29) is 24.7 Å². The van der Waals surface area contributed by atoms with Gasteiger partial charge in [0.25, 0.3) is 0 Å². The molecule has 7 atom stereocenters. The maximum atomic E-state index is 14.2. The Morgan fingerprint density at radius 2 is 1.76 bits per heavy atom. The van der Waals surface area contributed by atoms with Gasteiger partial charge in [-0.25, -0.2) is 0 Å². The summed E-state index contributed by atoms with van der Waals surface area (Å²) in [7, 11) is 0. The van der Waals surface area contributed by atoms with E-state index in [4.69, 9.17) is 27.9 Å². The third-order valence-corrected chi connectivity index (χ3v) is 9.08. The van der Waals surface area contributed by atoms with Crippen LogP contribution in [0.4, 0.5) is 13.2 Å². The molecule has 3 fully saturated rings. The van der Waals surface area contributed by atoms with Crippen LogP contribution in [0.25, 0.3) is 0 Å². The fourth-order valence-corrected chi connectivity index (χ4v) is 7.30. The first-order valence-electron chi connectivity index (χ1n) is 13.7. The third kappa shape index (κ3) is 7.65. The summed E-state index contributed by atoms with van der Waals surface area (Å²) < 4.78 is 44.6. The second-order valence-corrected chi connectivity index (χ2v) is 14.1. The molecule has 3 rings (SSSR count). The number of rotatable bonds is 9. The van der Waals surface area contributed by atoms with Crippen LogP contribution in [0.1, 0.15) is 66.7 Å². The van der Waals surface area contributed by atoms with Gasteiger partial charge in [0.1, 0.15) is 16.4 Å². The summed E-state index contributed by atoms with van der Waals surface area (Å²) in [5.74, 6) is -7.96. The van der Waals surface area contributed by atoms with Gasteiger partial charge in [0.05, 0.1) is 23.2 Å². The first kappa shape index (κ1) is 33.4. The van der Waals surface area contributed by atoms with Crippen LogP contribution >= 0.6 is 23.2 Å². The summed E-state index contributed by atoms with van der Waals surface area (Å²) in [5, 5.41) is 16.8. The predicted molar refractivity (Wildman–Crippen MR) is 143 cm³/mol. The topological polar surface area (TPSA) is 137 Å². The second-order valence-electron chi connectivity index (χ2n) is 12.7. The summed E-state index contributed by atoms with van der Waals surface area (Å²) in [6.07, 6.45) is -3.70. The van der Waals surface area contributed by atoms with Gasteiger partial charge in [-0.05, 0) is 66.2 Å². The minimum atomic E-state index is -5.27. The number of ether oxygens (including phenoxy) is 1. The molecule has 0 spiro atoms. The largest absolute Gasteiger partial charge is 0.471 e. The van der Waals surface area contributed by atoms with Gasteiger partial charge in [-0.15, -0.1) is 23.2 Å². The third-order valence-electron chi connectivity index (χ3n) is 8.02. The fraction of sp³-hybridized carbons (Fsp3) is 0.815. The predicted octanol–water partition coefficient (Wildman–Crippen LogP) is 3.57. The van der Waals surface area contributed by atoms with Crippen LogP contribution in [0.15, 0.2) is 0 Å². The molecule has 41 heavy (non-hydrogen) atoms. The van der Waals surface area contributed by atoms with E-state index in [1.807, 2.05) is 11.4 Å². The molecule has 1 saturated heterocycles. The number of nitrogens with one attached hydrogen (secondary N) is 3. The zero-order valence-corrected chi connectivity index (χ0v) is 25.2. The smallest absolute Gasteiger partial charge is 0.367 e. The molecule has 0 radical (unpaired) electrons. The molecule has 14 heteroatoms. The Bertz CT molecular complexity index is 1100. The van der Waals surface area contributed by atoms with Crippen LogP contribution < -0.4 is 16.0 Å². The Balaban J connectivity index is 1.96. The Morgan fingerprint density at radius 1 is 1.12 bits per heavy atom. The molecule has 9 nitrogen and oxygen atoms in total. The molecule has 1 aliphatic heterocycles. The van der Waals surface area contributed by atoms with Crippen LogP contribution in [0, 0.1) is 40.9 Å². The molecule has 3 N–H and O–H groups in total. The molecule has 0 aromatic heterocycles. The summed E-state index contributed by atoms with van der Waals surface area (Å²) >= 11 is 13.1. The van der Waals surface area contributed by atoms with Crippen molar-refractivity contribution in [3.8, 4) is 6.07 Å². The van der Waals surface area contributed by atoms with Crippen LogP contribution in [0.5, 0.6) is 0 Å². The molecule has 0 bridgehead atoms. The number of halogens is 5. The highest BCUT2D eigenvalue weighted by Crippen LogP contribution is 2.67. The van der Waals surface area contributed by atoms with Crippen LogP contribution in [-0.2, 0) is 23.9 Å². The van der Waals surface area contributed by atoms with Gasteiger partial charge < -0.3 is 20.7 Å². The maximum absolute atomic E-state index is 14.2. The molecule has 2 aliphatic carbocycles. The summed E-state index contributed by atoms with van der Waals surface area (Å²) in [5.41, 5.74) is -2.52. The average Bonchev–Trinajstić information content (AvgIpc) is 3.23. The maximum Gasteiger partial charge on any atom is 0.471 e. The van der Waals surface area contributed by atoms with Crippen molar-refractivity contribution in [3.05, 3.63) is 0 Å². The van der Waals surface area contributed by atoms with Gasteiger partial charge in [-0.2, -0.15) is 18.4 Å². The van der Waals surface area contributed by atoms with Gasteiger partial charge >= 0.3 is 12.1 Å². The lowest BCUT2D eigenvalue weighted by molar-refractivity contribution is -0.181. The van der Waals surface area contributed by atoms with E-state index in [0.717, 1.165) is 0 Å². The number of carbonyl (C=O) groups is 4. The van der Waals surface area contributed by atoms with Crippen molar-refractivity contribution < 1.29 is 37.1 Å². The Kier molecular flexibility index (Phi) is 9.68. The molecular weight excluding hydrogens is 588 g/mol. The van der Waals surface area contributed by atoms with E-state index >= 15 is 0 Å². The number of hydrogen-bond acceptors (Lipinski definition) is 6. The first-order chi connectivity index (χ1) is 18.7. The molecule has 3 aliphatic rings. The Hall–Kier alpha value is -2.10. The lowest BCUT2D eigenvalue weighted by atomic mass is 9.76. The number of nitrogens with zero attached hydrogens (tertiary/aromatic N) is 1. The van der Waals surface area contributed by atoms with Crippen molar-refractivity contribution in [2.75, 3.05) is 6.54 Å². The molecular formula is C27H37Cl2F3N4O5. The number of hydrogen-bond donors (Lipinski definition) is 3. The number of carbonyl (C=O) groups excluding carboxylic acids is 4. The SMILES string of the molecule is CC(C)(C)OC(C)(C)[C@H](NC(=O)C(F)(F)F)C(=O)C1CCC[C@H]2[C@@H]([C@H]1C(=O)N[C@H](C#N)C[C@@H]1CCNC1=O)C2(Cl)Cl. The molecule has 0 aromatic carbocycles. The molecule has 2 saturated carbocycles. The number of amides is 3. The zero-order valence-electron chi connectivity index (χ0n) is 23.7. The number of Topliss-reactive ketones (excluding diaryl/α,β-unsaturated/α-hetero) is 1. The lowest BCUT2D eigenvalue weighted by Gasteiger charge is -2.41. The minimum Gasteiger partial charge on any atom is -0.367 e. The summed E-state index contributed by atoms with van der Waals surface area (Å²) in [6.45, 7) is 8.21. The van der Waals surface area contributed by atoms with Gasteiger partial charge in [-0.3, -0.25) is 19.2 Å². The second kappa shape index (κ2) is 11.9. The number of nitriles is 1. The average molecular weight is 626 g/mol. The molecule has 1 unspecified atom stereocenters. The van der Waals surface area contributed by atoms with Crippen LogP contribution in [0.3, 0.4) is 0 Å². The fourth-order valence-electron chi connectivity index (χ4n) is 6.36. The van der Waals surface area contributed by atoms with E-state index in [1.54, 1.807) is 20.8 Å². The van der Waals surface area contributed by atoms with Crippen molar-refractivity contribution in [3.63, 3.8) is 0 Å². The van der Waals surface area contributed by atoms with Gasteiger partial charge in [-0.1, -0.05) is 6.42 Å². The van der Waals surface area contributed by atoms with Crippen LogP contribution in [0.2, 0.25) is 0 Å². The highest BCUT2D eigenvalue weighted by atomic mass is 35.5. The Labute approximate surface area is 247 Å². The van der Waals surface area contributed by atoms with Gasteiger partial charge in [0.2, 0.25) is 11.8 Å². The highest BCUT2D eigenvalue weighted by Gasteiger charge is 2.69. The highest BCUT2D eigenvalue weighted by molar-refractivity contribution is 6.51. The first-order valence-corrected chi connectivity index (χ1v) is 14.4. The number of fused-ring (bicyclic) bond motifs is 1. The lowest BCUT2D eigenvalue weighted by Crippen LogP contribution is -2.61. The van der Waals surface area contributed by atoms with Crippen molar-refractivity contribution in [1.29, 1.82) is 5.26 Å². The van der Waals surface area contributed by atoms with E-state index in [9.17, 15) is 37.6 Å². The van der Waals surface area contributed by atoms with Crippen molar-refractivity contribution in [1.82, 2.24) is 16.0 Å². The Morgan fingerprint density at radius 3 is 2.27 bits per heavy atom. The molecule has 1 heterocycles. The van der Waals surface area contributed by atoms with Crippen molar-refractivity contribution in [2.24, 2.45) is 29.6 Å². The molecule has 230 valence electrons. The van der Waals surface area contributed by atoms with Gasteiger partial charge in [0, 0.05) is 24.3 Å². The minimum absolute atomic E-state index is 0.0527. The van der Waals surface area contributed by atoms with E-state index in [0.29, 0.717) is 25.8 Å². The molecule has 3 amide bonds. The molecule has 0 aromatic rings. The monoisotopic (exact) mass is 624 g/mol. The van der Waals surface area contributed by atoms with E-state index in [2.05, 4.69) is 10.6 Å². The van der Waals surface area contributed by atoms with Gasteiger partial charge in [0.15, 0.2) is 5.78 Å². The number of alkyl halides is 5. The van der Waals surface area contributed by atoms with Crippen LogP contribution in [-0.4, -0.2) is 63.8 Å². The van der Waals surface area contributed by atoms with Crippen molar-refractivity contribution in [2.45, 2.75) is 101 Å². The summed E-state index contributed by atoms with van der Waals surface area (Å²) in [6, 6.07) is -0.859. The summed E-state index contributed by atoms with van der Waals surface area (Å²) in [4.78, 5) is 52.0. The van der Waals surface area contributed by atoms with Crippen molar-refractivity contribution >= 4 is 46.7 Å². The van der Waals surface area contributed by atoms with E-state index in [1.165, 1.54) is 13.8 Å². The quantitative estimate of drug-likeness (QED) is 0.335. The number of ketones is 1. The normalized spacial score (nSPS) is 29.2.